The Labute approximate surface area is 251 Å². The van der Waals surface area contributed by atoms with E-state index in [0.29, 0.717) is 36.2 Å². The van der Waals surface area contributed by atoms with E-state index in [-0.39, 0.29) is 36.1 Å². The zero-order valence-electron chi connectivity index (χ0n) is 25.1. The maximum atomic E-state index is 12.5. The van der Waals surface area contributed by atoms with E-state index >= 15 is 0 Å². The van der Waals surface area contributed by atoms with Crippen molar-refractivity contribution in [3.8, 4) is 28.8 Å². The number of nitriles is 1. The maximum absolute atomic E-state index is 12.5. The highest BCUT2D eigenvalue weighted by Crippen LogP contribution is 2.39. The van der Waals surface area contributed by atoms with Crippen LogP contribution in [0.4, 0.5) is 0 Å². The quantitative estimate of drug-likeness (QED) is 0.356. The van der Waals surface area contributed by atoms with E-state index in [9.17, 15) is 9.59 Å². The highest BCUT2D eigenvalue weighted by Gasteiger charge is 2.27. The van der Waals surface area contributed by atoms with E-state index in [4.69, 9.17) is 35.3 Å². The van der Waals surface area contributed by atoms with Crippen LogP contribution in [0.1, 0.15) is 82.1 Å². The summed E-state index contributed by atoms with van der Waals surface area (Å²) in [6.45, 7) is 7.50. The van der Waals surface area contributed by atoms with Crippen molar-refractivity contribution >= 4 is 22.6 Å². The fourth-order valence-corrected chi connectivity index (χ4v) is 6.10. The molecule has 0 unspecified atom stereocenters. The van der Waals surface area contributed by atoms with Crippen molar-refractivity contribution in [3.63, 3.8) is 0 Å². The topological polar surface area (TPSA) is 146 Å². The molecular weight excluding hydrogens is 548 g/mol. The third kappa shape index (κ3) is 6.91. The van der Waals surface area contributed by atoms with E-state index < -0.39 is 5.91 Å². The fourth-order valence-electron chi connectivity index (χ4n) is 6.10. The molecule has 1 aromatic carbocycles. The molecule has 2 aromatic heterocycles. The largest absolute Gasteiger partial charge is 0.490 e. The van der Waals surface area contributed by atoms with E-state index in [1.165, 1.54) is 0 Å². The SMILES string of the molecule is CCO[C@H]1CC[C@H](n2cc(-c3cnc(O[C@@H]4CCCN(C(=O)CC#N)C4)c4cc(OC(C)C)c(C(N)=O)cc34)cn2)CC1. The van der Waals surface area contributed by atoms with Crippen LogP contribution in [0, 0.1) is 11.3 Å². The van der Waals surface area contributed by atoms with Gasteiger partial charge in [-0.2, -0.15) is 10.4 Å². The molecule has 11 heteroatoms. The molecule has 2 N–H and O–H groups in total. The molecule has 0 spiro atoms. The number of piperidine rings is 1. The zero-order chi connectivity index (χ0) is 30.5. The summed E-state index contributed by atoms with van der Waals surface area (Å²) in [6.07, 6.45) is 10.8. The fraction of sp³-hybridized carbons (Fsp3) is 0.531. The number of carbonyl (C=O) groups is 2. The number of pyridine rings is 1. The van der Waals surface area contributed by atoms with E-state index in [0.717, 1.165) is 61.6 Å². The number of hydrogen-bond donors (Lipinski definition) is 1. The monoisotopic (exact) mass is 588 g/mol. The zero-order valence-corrected chi connectivity index (χ0v) is 25.1. The summed E-state index contributed by atoms with van der Waals surface area (Å²) in [5.74, 6) is -0.0610. The van der Waals surface area contributed by atoms with Crippen LogP contribution in [0.2, 0.25) is 0 Å². The van der Waals surface area contributed by atoms with Gasteiger partial charge in [0.25, 0.3) is 5.91 Å². The number of amides is 2. The number of likely N-dealkylation sites (tertiary alicyclic amines) is 1. The van der Waals surface area contributed by atoms with Gasteiger partial charge < -0.3 is 24.8 Å². The minimum absolute atomic E-state index is 0.157. The molecule has 0 radical (unpaired) electrons. The normalized spacial score (nSPS) is 20.6. The lowest BCUT2D eigenvalue weighted by Crippen LogP contribution is -2.44. The first-order valence-electron chi connectivity index (χ1n) is 15.2. The van der Waals surface area contributed by atoms with E-state index in [2.05, 4.69) is 0 Å². The van der Waals surface area contributed by atoms with Crippen molar-refractivity contribution in [1.29, 1.82) is 5.26 Å². The summed E-state index contributed by atoms with van der Waals surface area (Å²) >= 11 is 0. The number of nitrogens with zero attached hydrogens (tertiary/aromatic N) is 5. The lowest BCUT2D eigenvalue weighted by molar-refractivity contribution is -0.132. The Morgan fingerprint density at radius 2 is 1.91 bits per heavy atom. The average Bonchev–Trinajstić information content (AvgIpc) is 3.48. The summed E-state index contributed by atoms with van der Waals surface area (Å²) in [5.41, 5.74) is 7.74. The molecule has 3 aromatic rings. The molecular formula is C32H40N6O5. The van der Waals surface area contributed by atoms with Crippen LogP contribution in [-0.2, 0) is 9.53 Å². The minimum Gasteiger partial charge on any atom is -0.490 e. The maximum Gasteiger partial charge on any atom is 0.252 e. The van der Waals surface area contributed by atoms with Crippen LogP contribution in [0.5, 0.6) is 11.6 Å². The highest BCUT2D eigenvalue weighted by molar-refractivity contribution is 6.06. The predicted octanol–water partition coefficient (Wildman–Crippen LogP) is 4.79. The first-order valence-corrected chi connectivity index (χ1v) is 15.2. The van der Waals surface area contributed by atoms with Crippen molar-refractivity contribution in [2.24, 2.45) is 5.73 Å². The number of aromatic nitrogens is 3. The third-order valence-electron chi connectivity index (χ3n) is 8.15. The van der Waals surface area contributed by atoms with Gasteiger partial charge in [-0.15, -0.1) is 0 Å². The molecule has 2 aliphatic rings. The van der Waals surface area contributed by atoms with Crippen LogP contribution in [0.25, 0.3) is 21.9 Å². The van der Waals surface area contributed by atoms with Crippen LogP contribution in [-0.4, -0.2) is 69.5 Å². The number of carbonyl (C=O) groups excluding carboxylic acids is 2. The lowest BCUT2D eigenvalue weighted by atomic mass is 9.93. The van der Waals surface area contributed by atoms with Gasteiger partial charge in [-0.3, -0.25) is 14.3 Å². The highest BCUT2D eigenvalue weighted by atomic mass is 16.5. The molecule has 1 aliphatic carbocycles. The molecule has 2 amide bonds. The van der Waals surface area contributed by atoms with E-state index in [1.54, 1.807) is 23.2 Å². The van der Waals surface area contributed by atoms with Crippen molar-refractivity contribution < 1.29 is 23.8 Å². The number of nitrogens with two attached hydrogens (primary N) is 1. The van der Waals surface area contributed by atoms with Gasteiger partial charge >= 0.3 is 0 Å². The summed E-state index contributed by atoms with van der Waals surface area (Å²) in [6, 6.07) is 5.73. The van der Waals surface area contributed by atoms with Crippen molar-refractivity contribution in [3.05, 3.63) is 36.3 Å². The summed E-state index contributed by atoms with van der Waals surface area (Å²) in [4.78, 5) is 31.3. The Hall–Kier alpha value is -4.17. The smallest absolute Gasteiger partial charge is 0.252 e. The van der Waals surface area contributed by atoms with Crippen LogP contribution >= 0.6 is 0 Å². The van der Waals surface area contributed by atoms with Gasteiger partial charge in [-0.05, 0) is 76.8 Å². The van der Waals surface area contributed by atoms with Gasteiger partial charge in [0.1, 0.15) is 18.3 Å². The standard InChI is InChI=1S/C32H40N6O5/c1-4-41-23-9-7-22(8-10-23)38-18-21(16-36-38)28-17-35-32(43-24-6-5-13-37(19-24)30(39)11-12-33)26-15-29(42-20(2)3)27(31(34)40)14-25(26)28/h14-18,20,22-24H,4-11,13,19H2,1-3H3,(H2,34,40)/t22-,23-,24-/m1/s1. The second-order valence-corrected chi connectivity index (χ2v) is 11.6. The van der Waals surface area contributed by atoms with Crippen molar-refractivity contribution in [2.75, 3.05) is 19.7 Å². The second kappa shape index (κ2) is 13.4. The van der Waals surface area contributed by atoms with Gasteiger partial charge in [-0.25, -0.2) is 4.98 Å². The van der Waals surface area contributed by atoms with Gasteiger partial charge in [0.2, 0.25) is 11.8 Å². The number of primary amides is 1. The first-order chi connectivity index (χ1) is 20.8. The molecule has 3 heterocycles. The van der Waals surface area contributed by atoms with Gasteiger partial charge in [0.05, 0.1) is 42.6 Å². The van der Waals surface area contributed by atoms with Crippen molar-refractivity contribution in [2.45, 2.75) is 90.1 Å². The van der Waals surface area contributed by atoms with Crippen molar-refractivity contribution in [1.82, 2.24) is 19.7 Å². The molecule has 0 bridgehead atoms. The molecule has 1 saturated carbocycles. The number of ether oxygens (including phenoxy) is 3. The van der Waals surface area contributed by atoms with E-state index in [1.807, 2.05) is 43.9 Å². The summed E-state index contributed by atoms with van der Waals surface area (Å²) < 4.78 is 20.3. The number of hydrogen-bond acceptors (Lipinski definition) is 8. The van der Waals surface area contributed by atoms with Gasteiger partial charge in [-0.1, -0.05) is 0 Å². The Morgan fingerprint density at radius 1 is 1.12 bits per heavy atom. The Balaban J connectivity index is 1.50. The third-order valence-corrected chi connectivity index (χ3v) is 8.15. The minimum atomic E-state index is -0.594. The molecule has 11 nitrogen and oxygen atoms in total. The van der Waals surface area contributed by atoms with Gasteiger partial charge in [0.15, 0.2) is 0 Å². The number of benzene rings is 1. The predicted molar refractivity (Wildman–Crippen MR) is 161 cm³/mol. The van der Waals surface area contributed by atoms with Crippen LogP contribution in [0.3, 0.4) is 0 Å². The molecule has 228 valence electrons. The molecule has 2 fully saturated rings. The summed E-state index contributed by atoms with van der Waals surface area (Å²) in [5, 5.41) is 15.1. The molecule has 5 rings (SSSR count). The van der Waals surface area contributed by atoms with Gasteiger partial charge in [0, 0.05) is 42.1 Å². The number of fused-ring (bicyclic) bond motifs is 1. The molecule has 43 heavy (non-hydrogen) atoms. The first kappa shape index (κ1) is 30.3. The average molecular weight is 589 g/mol. The second-order valence-electron chi connectivity index (χ2n) is 11.6. The van der Waals surface area contributed by atoms with Crippen LogP contribution in [0.15, 0.2) is 30.7 Å². The Morgan fingerprint density at radius 3 is 2.60 bits per heavy atom. The molecule has 1 aliphatic heterocycles. The van der Waals surface area contributed by atoms with Crippen LogP contribution < -0.4 is 15.2 Å². The summed E-state index contributed by atoms with van der Waals surface area (Å²) in [7, 11) is 0. The Kier molecular flexibility index (Phi) is 9.46. The number of rotatable bonds is 10. The Bertz CT molecular complexity index is 1500. The lowest BCUT2D eigenvalue weighted by Gasteiger charge is -2.32. The molecule has 1 atom stereocenters. The molecule has 1 saturated heterocycles.